The summed E-state index contributed by atoms with van der Waals surface area (Å²) >= 11 is 0. The molecule has 0 saturated heterocycles. The summed E-state index contributed by atoms with van der Waals surface area (Å²) in [6.07, 6.45) is 1.70. The van der Waals surface area contributed by atoms with Gasteiger partial charge in [0.15, 0.2) is 5.82 Å². The first-order chi connectivity index (χ1) is 10.3. The Morgan fingerprint density at radius 2 is 2.19 bits per heavy atom. The van der Waals surface area contributed by atoms with Gasteiger partial charge in [-0.15, -0.1) is 0 Å². The fourth-order valence-electron chi connectivity index (χ4n) is 2.64. The molecule has 1 atom stereocenters. The van der Waals surface area contributed by atoms with Crippen LogP contribution in [0.15, 0.2) is 24.3 Å². The van der Waals surface area contributed by atoms with Gasteiger partial charge in [0.1, 0.15) is 5.75 Å². The Labute approximate surface area is 124 Å². The van der Waals surface area contributed by atoms with Crippen molar-refractivity contribution < 1.29 is 4.74 Å². The summed E-state index contributed by atoms with van der Waals surface area (Å²) in [5, 5.41) is 7.89. The fourth-order valence-corrected chi connectivity index (χ4v) is 2.64. The average Bonchev–Trinajstić information content (AvgIpc) is 2.91. The highest BCUT2D eigenvalue weighted by Gasteiger charge is 2.24. The van der Waals surface area contributed by atoms with Crippen molar-refractivity contribution >= 4 is 5.95 Å². The molecule has 21 heavy (non-hydrogen) atoms. The lowest BCUT2D eigenvalue weighted by Crippen LogP contribution is -2.24. The van der Waals surface area contributed by atoms with Crippen LogP contribution >= 0.6 is 0 Å². The molecule has 6 nitrogen and oxygen atoms in total. The van der Waals surface area contributed by atoms with Crippen LogP contribution in [0.25, 0.3) is 0 Å². The maximum Gasteiger partial charge on any atom is 0.221 e. The summed E-state index contributed by atoms with van der Waals surface area (Å²) in [6.45, 7) is 4.14. The molecule has 0 fully saturated rings. The molecule has 6 heteroatoms. The lowest BCUT2D eigenvalue weighted by atomic mass is 10.0. The topological polar surface area (TPSA) is 78.0 Å². The summed E-state index contributed by atoms with van der Waals surface area (Å²) in [4.78, 5) is 4.50. The lowest BCUT2D eigenvalue weighted by Gasteiger charge is -2.24. The van der Waals surface area contributed by atoms with E-state index in [2.05, 4.69) is 27.5 Å². The largest absolute Gasteiger partial charge is 0.494 e. The van der Waals surface area contributed by atoms with Crippen molar-refractivity contribution in [1.29, 1.82) is 0 Å². The first-order valence-corrected chi connectivity index (χ1v) is 7.44. The van der Waals surface area contributed by atoms with Gasteiger partial charge in [-0.3, -0.25) is 0 Å². The molecule has 0 radical (unpaired) electrons. The molecule has 0 bridgehead atoms. The molecule has 1 aliphatic heterocycles. The Bertz CT molecular complexity index is 593. The maximum absolute atomic E-state index is 5.59. The first-order valence-electron chi connectivity index (χ1n) is 7.44. The Balaban J connectivity index is 1.86. The third-order valence-corrected chi connectivity index (χ3v) is 3.62. The summed E-state index contributed by atoms with van der Waals surface area (Å²) in [6, 6.07) is 8.46. The molecule has 1 unspecified atom stereocenters. The molecule has 0 spiro atoms. The van der Waals surface area contributed by atoms with Gasteiger partial charge in [0.05, 0.1) is 12.6 Å². The number of nitrogens with two attached hydrogens (primary N) is 1. The number of aromatic nitrogens is 3. The van der Waals surface area contributed by atoms with Gasteiger partial charge in [0.2, 0.25) is 5.95 Å². The number of rotatable bonds is 5. The number of benzene rings is 1. The Hall–Kier alpha value is -2.08. The highest BCUT2D eigenvalue weighted by atomic mass is 16.5. The van der Waals surface area contributed by atoms with Crippen LogP contribution in [0.5, 0.6) is 5.75 Å². The lowest BCUT2D eigenvalue weighted by molar-refractivity contribution is 0.340. The van der Waals surface area contributed by atoms with E-state index in [9.17, 15) is 0 Å². The Morgan fingerprint density at radius 1 is 1.38 bits per heavy atom. The molecular formula is C15H21N5O. The molecule has 2 aromatic rings. The van der Waals surface area contributed by atoms with Gasteiger partial charge in [0.25, 0.3) is 0 Å². The molecule has 3 N–H and O–H groups in total. The molecule has 0 saturated carbocycles. The minimum atomic E-state index is 0.218. The van der Waals surface area contributed by atoms with E-state index >= 15 is 0 Å². The summed E-state index contributed by atoms with van der Waals surface area (Å²) in [5.74, 6) is 2.54. The quantitative estimate of drug-likeness (QED) is 0.873. The van der Waals surface area contributed by atoms with E-state index in [1.54, 1.807) is 0 Å². The fraction of sp³-hybridized carbons (Fsp3) is 0.467. The van der Waals surface area contributed by atoms with Crippen LogP contribution in [0, 0.1) is 0 Å². The van der Waals surface area contributed by atoms with Crippen LogP contribution in [0.4, 0.5) is 5.95 Å². The monoisotopic (exact) mass is 287 g/mol. The van der Waals surface area contributed by atoms with E-state index in [1.807, 2.05) is 23.7 Å². The zero-order chi connectivity index (χ0) is 14.7. The number of hydrogen-bond donors (Lipinski definition) is 2. The van der Waals surface area contributed by atoms with Crippen molar-refractivity contribution in [3.05, 3.63) is 35.7 Å². The molecule has 112 valence electrons. The zero-order valence-electron chi connectivity index (χ0n) is 12.2. The van der Waals surface area contributed by atoms with Gasteiger partial charge < -0.3 is 15.8 Å². The van der Waals surface area contributed by atoms with E-state index in [0.29, 0.717) is 19.6 Å². The molecule has 0 amide bonds. The summed E-state index contributed by atoms with van der Waals surface area (Å²) < 4.78 is 7.47. The zero-order valence-corrected chi connectivity index (χ0v) is 12.2. The third-order valence-electron chi connectivity index (χ3n) is 3.62. The molecule has 1 aromatic heterocycles. The minimum absolute atomic E-state index is 0.218. The van der Waals surface area contributed by atoms with Gasteiger partial charge in [0, 0.05) is 13.0 Å². The SMILES string of the molecule is CCOc1ccc(C2CCNc3nc(CCN)nn32)cc1. The molecular weight excluding hydrogens is 266 g/mol. The van der Waals surface area contributed by atoms with Crippen molar-refractivity contribution in [2.45, 2.75) is 25.8 Å². The van der Waals surface area contributed by atoms with Gasteiger partial charge in [-0.05, 0) is 37.6 Å². The van der Waals surface area contributed by atoms with Crippen molar-refractivity contribution in [3.63, 3.8) is 0 Å². The maximum atomic E-state index is 5.59. The second-order valence-electron chi connectivity index (χ2n) is 5.07. The molecule has 1 aromatic carbocycles. The van der Waals surface area contributed by atoms with Gasteiger partial charge >= 0.3 is 0 Å². The van der Waals surface area contributed by atoms with Crippen LogP contribution in [-0.4, -0.2) is 34.5 Å². The standard InChI is InChI=1S/C15H21N5O/c1-2-21-12-5-3-11(4-6-12)13-8-10-17-15-18-14(7-9-16)19-20(13)15/h3-6,13H,2,7-10,16H2,1H3,(H,17,18,19). The number of ether oxygens (including phenoxy) is 1. The van der Waals surface area contributed by atoms with Gasteiger partial charge in [-0.1, -0.05) is 12.1 Å². The van der Waals surface area contributed by atoms with Crippen molar-refractivity contribution in [1.82, 2.24) is 14.8 Å². The Morgan fingerprint density at radius 3 is 2.90 bits per heavy atom. The molecule has 0 aliphatic carbocycles. The van der Waals surface area contributed by atoms with Crippen molar-refractivity contribution in [2.75, 3.05) is 25.0 Å². The molecule has 2 heterocycles. The van der Waals surface area contributed by atoms with E-state index in [0.717, 1.165) is 30.5 Å². The Kier molecular flexibility index (Phi) is 4.06. The predicted molar refractivity (Wildman–Crippen MR) is 81.6 cm³/mol. The van der Waals surface area contributed by atoms with Gasteiger partial charge in [-0.2, -0.15) is 10.1 Å². The predicted octanol–water partition coefficient (Wildman–Crippen LogP) is 1.58. The first kappa shape index (κ1) is 13.9. The third kappa shape index (κ3) is 2.85. The van der Waals surface area contributed by atoms with Crippen LogP contribution in [0.1, 0.15) is 30.8 Å². The number of anilines is 1. The van der Waals surface area contributed by atoms with Gasteiger partial charge in [-0.25, -0.2) is 4.68 Å². The normalized spacial score (nSPS) is 17.1. The smallest absolute Gasteiger partial charge is 0.221 e. The molecule has 3 rings (SSSR count). The highest BCUT2D eigenvalue weighted by Crippen LogP contribution is 2.29. The van der Waals surface area contributed by atoms with Crippen LogP contribution < -0.4 is 15.8 Å². The number of hydrogen-bond acceptors (Lipinski definition) is 5. The van der Waals surface area contributed by atoms with E-state index in [1.165, 1.54) is 5.56 Å². The van der Waals surface area contributed by atoms with E-state index < -0.39 is 0 Å². The minimum Gasteiger partial charge on any atom is -0.494 e. The number of fused-ring (bicyclic) bond motifs is 1. The van der Waals surface area contributed by atoms with Crippen LogP contribution in [-0.2, 0) is 6.42 Å². The van der Waals surface area contributed by atoms with E-state index in [4.69, 9.17) is 10.5 Å². The second-order valence-corrected chi connectivity index (χ2v) is 5.07. The summed E-state index contributed by atoms with van der Waals surface area (Å²) in [5.41, 5.74) is 6.81. The second kappa shape index (κ2) is 6.13. The number of nitrogens with one attached hydrogen (secondary N) is 1. The number of nitrogens with zero attached hydrogens (tertiary/aromatic N) is 3. The van der Waals surface area contributed by atoms with E-state index in [-0.39, 0.29) is 6.04 Å². The van der Waals surface area contributed by atoms with Crippen molar-refractivity contribution in [3.8, 4) is 5.75 Å². The highest BCUT2D eigenvalue weighted by molar-refractivity contribution is 5.35. The molecule has 1 aliphatic rings. The summed E-state index contributed by atoms with van der Waals surface area (Å²) in [7, 11) is 0. The van der Waals surface area contributed by atoms with Crippen LogP contribution in [0.2, 0.25) is 0 Å². The average molecular weight is 287 g/mol. The van der Waals surface area contributed by atoms with Crippen LogP contribution in [0.3, 0.4) is 0 Å². The van der Waals surface area contributed by atoms with Crippen molar-refractivity contribution in [2.24, 2.45) is 5.73 Å².